The summed E-state index contributed by atoms with van der Waals surface area (Å²) in [5.41, 5.74) is 1.58. The summed E-state index contributed by atoms with van der Waals surface area (Å²) in [6.07, 6.45) is 2.13. The molecule has 4 heteroatoms. The van der Waals surface area contributed by atoms with Crippen LogP contribution in [0.3, 0.4) is 0 Å². The summed E-state index contributed by atoms with van der Waals surface area (Å²) in [5.74, 6) is 0. The van der Waals surface area contributed by atoms with E-state index in [0.29, 0.717) is 0 Å². The van der Waals surface area contributed by atoms with Crippen LogP contribution in [0, 0.1) is 0 Å². The van der Waals surface area contributed by atoms with E-state index in [-0.39, 0.29) is 4.87 Å². The van der Waals surface area contributed by atoms with Gasteiger partial charge in [0.2, 0.25) is 0 Å². The van der Waals surface area contributed by atoms with E-state index in [9.17, 15) is 4.79 Å². The van der Waals surface area contributed by atoms with E-state index in [0.717, 1.165) is 30.7 Å². The molecular formula is C6H10N2OS. The molecule has 0 N–H and O–H groups in total. The first-order valence-corrected chi connectivity index (χ1v) is 4.23. The van der Waals surface area contributed by atoms with Gasteiger partial charge in [-0.25, -0.2) is 4.68 Å². The topological polar surface area (TPSA) is 34.9 Å². The Kier molecular flexibility index (Phi) is 2.62. The SMILES string of the molecule is CCCCn1ncsc1=O. The Bertz CT molecular complexity index is 240. The van der Waals surface area contributed by atoms with Gasteiger partial charge in [-0.2, -0.15) is 5.10 Å². The van der Waals surface area contributed by atoms with Crippen LogP contribution in [0.4, 0.5) is 0 Å². The molecule has 0 unspecified atom stereocenters. The second-order valence-electron chi connectivity index (χ2n) is 2.08. The molecule has 0 aliphatic carbocycles. The van der Waals surface area contributed by atoms with Crippen LogP contribution in [-0.4, -0.2) is 9.78 Å². The Hall–Kier alpha value is -0.640. The van der Waals surface area contributed by atoms with Crippen molar-refractivity contribution in [2.75, 3.05) is 0 Å². The van der Waals surface area contributed by atoms with Crippen LogP contribution in [0.15, 0.2) is 10.3 Å². The van der Waals surface area contributed by atoms with Gasteiger partial charge in [-0.15, -0.1) is 0 Å². The molecule has 0 bridgehead atoms. The molecule has 10 heavy (non-hydrogen) atoms. The summed E-state index contributed by atoms with van der Waals surface area (Å²) >= 11 is 1.15. The van der Waals surface area contributed by atoms with Gasteiger partial charge in [0.25, 0.3) is 0 Å². The average Bonchev–Trinajstić information content (AvgIpc) is 2.31. The predicted octanol–water partition coefficient (Wildman–Crippen LogP) is 1.10. The van der Waals surface area contributed by atoms with Crippen LogP contribution < -0.4 is 4.87 Å². The van der Waals surface area contributed by atoms with Crippen molar-refractivity contribution in [1.82, 2.24) is 9.78 Å². The number of hydrogen-bond acceptors (Lipinski definition) is 3. The molecule has 0 atom stereocenters. The summed E-state index contributed by atoms with van der Waals surface area (Å²) in [7, 11) is 0. The van der Waals surface area contributed by atoms with Gasteiger partial charge in [0.05, 0.1) is 0 Å². The molecule has 56 valence electrons. The summed E-state index contributed by atoms with van der Waals surface area (Å²) < 4.78 is 1.51. The highest BCUT2D eigenvalue weighted by molar-refractivity contribution is 7.06. The zero-order valence-electron chi connectivity index (χ0n) is 5.91. The first-order chi connectivity index (χ1) is 4.84. The lowest BCUT2D eigenvalue weighted by molar-refractivity contribution is 0.559. The van der Waals surface area contributed by atoms with Crippen LogP contribution in [-0.2, 0) is 6.54 Å². The number of unbranched alkanes of at least 4 members (excludes halogenated alkanes) is 1. The first kappa shape index (κ1) is 7.47. The third-order valence-electron chi connectivity index (χ3n) is 1.27. The zero-order valence-corrected chi connectivity index (χ0v) is 6.73. The van der Waals surface area contributed by atoms with E-state index in [2.05, 4.69) is 12.0 Å². The highest BCUT2D eigenvalue weighted by atomic mass is 32.1. The van der Waals surface area contributed by atoms with E-state index < -0.39 is 0 Å². The second-order valence-corrected chi connectivity index (χ2v) is 2.88. The highest BCUT2D eigenvalue weighted by Crippen LogP contribution is 1.90. The van der Waals surface area contributed by atoms with Crippen molar-refractivity contribution in [2.24, 2.45) is 0 Å². The molecule has 0 aliphatic rings. The van der Waals surface area contributed by atoms with E-state index in [1.165, 1.54) is 4.68 Å². The summed E-state index contributed by atoms with van der Waals surface area (Å²) in [5, 5.41) is 3.88. The van der Waals surface area contributed by atoms with E-state index in [1.807, 2.05) is 0 Å². The van der Waals surface area contributed by atoms with Gasteiger partial charge in [0, 0.05) is 6.54 Å². The monoisotopic (exact) mass is 158 g/mol. The third kappa shape index (κ3) is 1.67. The molecule has 0 saturated carbocycles. The minimum Gasteiger partial charge on any atom is -0.255 e. The summed E-state index contributed by atoms with van der Waals surface area (Å²) in [4.78, 5) is 10.9. The van der Waals surface area contributed by atoms with Crippen molar-refractivity contribution >= 4 is 11.3 Å². The number of nitrogens with zero attached hydrogens (tertiary/aromatic N) is 2. The largest absolute Gasteiger partial charge is 0.324 e. The lowest BCUT2D eigenvalue weighted by Crippen LogP contribution is -2.14. The van der Waals surface area contributed by atoms with Crippen LogP contribution in [0.25, 0.3) is 0 Å². The van der Waals surface area contributed by atoms with E-state index >= 15 is 0 Å². The minimum absolute atomic E-state index is 0.0495. The first-order valence-electron chi connectivity index (χ1n) is 3.35. The molecule has 1 aromatic heterocycles. The number of aromatic nitrogens is 2. The van der Waals surface area contributed by atoms with E-state index in [1.54, 1.807) is 5.51 Å². The smallest absolute Gasteiger partial charge is 0.255 e. The fraction of sp³-hybridized carbons (Fsp3) is 0.667. The van der Waals surface area contributed by atoms with Crippen molar-refractivity contribution < 1.29 is 0 Å². The lowest BCUT2D eigenvalue weighted by atomic mass is 10.3. The van der Waals surface area contributed by atoms with Gasteiger partial charge in [0.1, 0.15) is 5.51 Å². The molecule has 1 heterocycles. The van der Waals surface area contributed by atoms with Gasteiger partial charge < -0.3 is 0 Å². The van der Waals surface area contributed by atoms with E-state index in [4.69, 9.17) is 0 Å². The number of aryl methyl sites for hydroxylation is 1. The highest BCUT2D eigenvalue weighted by Gasteiger charge is 1.94. The fourth-order valence-electron chi connectivity index (χ4n) is 0.690. The molecule has 3 nitrogen and oxygen atoms in total. The van der Waals surface area contributed by atoms with Crippen molar-refractivity contribution in [3.63, 3.8) is 0 Å². The maximum atomic E-state index is 10.8. The molecule has 0 aromatic carbocycles. The molecule has 0 fully saturated rings. The summed E-state index contributed by atoms with van der Waals surface area (Å²) in [6.45, 7) is 2.86. The molecular weight excluding hydrogens is 148 g/mol. The van der Waals surface area contributed by atoms with Crippen LogP contribution >= 0.6 is 11.3 Å². The van der Waals surface area contributed by atoms with Gasteiger partial charge >= 0.3 is 4.87 Å². The summed E-state index contributed by atoms with van der Waals surface area (Å²) in [6, 6.07) is 0. The van der Waals surface area contributed by atoms with Crippen molar-refractivity contribution in [3.05, 3.63) is 15.2 Å². The predicted molar refractivity (Wildman–Crippen MR) is 41.3 cm³/mol. The maximum absolute atomic E-state index is 10.8. The Morgan fingerprint density at radius 1 is 1.80 bits per heavy atom. The normalized spacial score (nSPS) is 10.1. The fourth-order valence-corrected chi connectivity index (χ4v) is 1.20. The quantitative estimate of drug-likeness (QED) is 0.660. The van der Waals surface area contributed by atoms with Crippen molar-refractivity contribution in [3.8, 4) is 0 Å². The zero-order chi connectivity index (χ0) is 7.40. The van der Waals surface area contributed by atoms with Crippen LogP contribution in [0.5, 0.6) is 0 Å². The molecule has 1 aromatic rings. The Morgan fingerprint density at radius 3 is 3.10 bits per heavy atom. The number of hydrogen-bond donors (Lipinski definition) is 0. The van der Waals surface area contributed by atoms with Crippen molar-refractivity contribution in [1.29, 1.82) is 0 Å². The average molecular weight is 158 g/mol. The lowest BCUT2D eigenvalue weighted by Gasteiger charge is -1.94. The minimum atomic E-state index is 0.0495. The van der Waals surface area contributed by atoms with Gasteiger partial charge in [-0.3, -0.25) is 4.79 Å². The molecule has 0 radical (unpaired) electrons. The molecule has 1 rings (SSSR count). The van der Waals surface area contributed by atoms with Gasteiger partial charge in [-0.1, -0.05) is 24.7 Å². The molecule has 0 saturated heterocycles. The molecule has 0 spiro atoms. The molecule has 0 amide bonds. The molecule has 0 aliphatic heterocycles. The van der Waals surface area contributed by atoms with Gasteiger partial charge in [0.15, 0.2) is 0 Å². The van der Waals surface area contributed by atoms with Crippen LogP contribution in [0.1, 0.15) is 19.8 Å². The maximum Gasteiger partial charge on any atom is 0.324 e. The third-order valence-corrected chi connectivity index (χ3v) is 1.89. The number of rotatable bonds is 3. The Morgan fingerprint density at radius 2 is 2.60 bits per heavy atom. The van der Waals surface area contributed by atoms with Gasteiger partial charge in [-0.05, 0) is 6.42 Å². The second kappa shape index (κ2) is 3.51. The van der Waals surface area contributed by atoms with Crippen LogP contribution in [0.2, 0.25) is 0 Å². The Labute approximate surface area is 63.3 Å². The Balaban J connectivity index is 2.57. The van der Waals surface area contributed by atoms with Crippen molar-refractivity contribution in [2.45, 2.75) is 26.3 Å². The standard InChI is InChI=1S/C6H10N2OS/c1-2-3-4-8-6(9)10-5-7-8/h5H,2-4H2,1H3.